The smallest absolute Gasteiger partial charge is 0.225 e. The first kappa shape index (κ1) is 18.3. The third-order valence-electron chi connectivity index (χ3n) is 5.29. The Labute approximate surface area is 150 Å². The lowest BCUT2D eigenvalue weighted by molar-refractivity contribution is -0.125. The maximum Gasteiger partial charge on any atom is 0.225 e. The molecule has 0 saturated carbocycles. The van der Waals surface area contributed by atoms with Crippen LogP contribution in [0, 0.1) is 12.8 Å². The van der Waals surface area contributed by atoms with Gasteiger partial charge in [0.05, 0.1) is 11.6 Å². The van der Waals surface area contributed by atoms with Crippen LogP contribution in [0.5, 0.6) is 0 Å². The summed E-state index contributed by atoms with van der Waals surface area (Å²) < 4.78 is 5.50. The summed E-state index contributed by atoms with van der Waals surface area (Å²) in [6.45, 7) is 8.09. The summed E-state index contributed by atoms with van der Waals surface area (Å²) in [5.41, 5.74) is 2.12. The Hall–Kier alpha value is -1.50. The van der Waals surface area contributed by atoms with Crippen LogP contribution in [0.25, 0.3) is 0 Å². The molecule has 3 heterocycles. The second-order valence-electron chi connectivity index (χ2n) is 7.16. The van der Waals surface area contributed by atoms with E-state index in [1.165, 1.54) is 0 Å². The molecule has 0 unspecified atom stereocenters. The third kappa shape index (κ3) is 5.00. The molecule has 6 nitrogen and oxygen atoms in total. The predicted octanol–water partition coefficient (Wildman–Crippen LogP) is 1.05. The number of aromatic nitrogens is 1. The van der Waals surface area contributed by atoms with Gasteiger partial charge in [-0.2, -0.15) is 0 Å². The van der Waals surface area contributed by atoms with Gasteiger partial charge in [-0.05, 0) is 31.9 Å². The molecular formula is C19H30N4O2. The molecule has 0 radical (unpaired) electrons. The van der Waals surface area contributed by atoms with Gasteiger partial charge in [0.2, 0.25) is 5.91 Å². The summed E-state index contributed by atoms with van der Waals surface area (Å²) in [6.07, 6.45) is 2.14. The SMILES string of the molecule is CNC(=O)[C@@H]1CN(Cc2cccc(C)n2)CCN(C2CCOCC2)C1. The molecule has 138 valence electrons. The Kier molecular flexibility index (Phi) is 6.39. The van der Waals surface area contributed by atoms with Crippen LogP contribution in [0.1, 0.15) is 24.2 Å². The molecule has 0 bridgehead atoms. The van der Waals surface area contributed by atoms with Crippen molar-refractivity contribution in [1.29, 1.82) is 0 Å². The van der Waals surface area contributed by atoms with Crippen molar-refractivity contribution in [2.45, 2.75) is 32.4 Å². The quantitative estimate of drug-likeness (QED) is 0.883. The average molecular weight is 346 g/mol. The van der Waals surface area contributed by atoms with Crippen molar-refractivity contribution < 1.29 is 9.53 Å². The number of pyridine rings is 1. The molecule has 1 aromatic heterocycles. The number of ether oxygens (including phenoxy) is 1. The highest BCUT2D eigenvalue weighted by Gasteiger charge is 2.31. The Morgan fingerprint density at radius 3 is 2.80 bits per heavy atom. The second kappa shape index (κ2) is 8.74. The number of amides is 1. The second-order valence-corrected chi connectivity index (χ2v) is 7.16. The lowest BCUT2D eigenvalue weighted by Crippen LogP contribution is -2.45. The first-order valence-electron chi connectivity index (χ1n) is 9.34. The van der Waals surface area contributed by atoms with E-state index in [1.54, 1.807) is 7.05 Å². The maximum absolute atomic E-state index is 12.4. The highest BCUT2D eigenvalue weighted by molar-refractivity contribution is 5.78. The van der Waals surface area contributed by atoms with E-state index in [4.69, 9.17) is 4.74 Å². The van der Waals surface area contributed by atoms with E-state index in [-0.39, 0.29) is 11.8 Å². The van der Waals surface area contributed by atoms with Crippen LogP contribution >= 0.6 is 0 Å². The highest BCUT2D eigenvalue weighted by Crippen LogP contribution is 2.20. The fraction of sp³-hybridized carbons (Fsp3) is 0.684. The van der Waals surface area contributed by atoms with Crippen molar-refractivity contribution in [2.24, 2.45) is 5.92 Å². The van der Waals surface area contributed by atoms with Gasteiger partial charge in [0.1, 0.15) is 0 Å². The van der Waals surface area contributed by atoms with Crippen molar-refractivity contribution in [3.8, 4) is 0 Å². The Morgan fingerprint density at radius 1 is 1.28 bits per heavy atom. The normalized spacial score (nSPS) is 24.0. The molecule has 2 saturated heterocycles. The molecule has 1 amide bonds. The lowest BCUT2D eigenvalue weighted by atomic mass is 10.0. The van der Waals surface area contributed by atoms with Gasteiger partial charge in [0, 0.05) is 64.7 Å². The number of nitrogens with zero attached hydrogens (tertiary/aromatic N) is 3. The summed E-state index contributed by atoms with van der Waals surface area (Å²) in [6, 6.07) is 6.69. The average Bonchev–Trinajstić information content (AvgIpc) is 2.85. The van der Waals surface area contributed by atoms with Gasteiger partial charge in [0.25, 0.3) is 0 Å². The fourth-order valence-corrected chi connectivity index (χ4v) is 3.92. The minimum Gasteiger partial charge on any atom is -0.381 e. The standard InChI is InChI=1S/C19H30N4O2/c1-15-4-3-5-17(21-15)14-22-8-9-23(18-6-10-25-11-7-18)13-16(12-22)19(24)20-2/h3-5,16,18H,6-14H2,1-2H3,(H,20,24)/t16-/m1/s1. The maximum atomic E-state index is 12.4. The van der Waals surface area contributed by atoms with Gasteiger partial charge in [-0.3, -0.25) is 19.6 Å². The van der Waals surface area contributed by atoms with Crippen molar-refractivity contribution in [3.05, 3.63) is 29.6 Å². The zero-order chi connectivity index (χ0) is 17.6. The van der Waals surface area contributed by atoms with Crippen LogP contribution < -0.4 is 5.32 Å². The van der Waals surface area contributed by atoms with Crippen LogP contribution in [0.3, 0.4) is 0 Å². The van der Waals surface area contributed by atoms with Crippen molar-refractivity contribution in [1.82, 2.24) is 20.1 Å². The van der Waals surface area contributed by atoms with Crippen LogP contribution in [-0.4, -0.2) is 73.2 Å². The molecule has 3 rings (SSSR count). The number of rotatable bonds is 4. The van der Waals surface area contributed by atoms with Crippen LogP contribution in [0.15, 0.2) is 18.2 Å². The zero-order valence-corrected chi connectivity index (χ0v) is 15.4. The summed E-state index contributed by atoms with van der Waals surface area (Å²) in [5.74, 6) is 0.140. The molecule has 1 N–H and O–H groups in total. The third-order valence-corrected chi connectivity index (χ3v) is 5.29. The van der Waals surface area contributed by atoms with Gasteiger partial charge in [-0.1, -0.05) is 6.07 Å². The minimum atomic E-state index is 0.000143. The van der Waals surface area contributed by atoms with Crippen LogP contribution in [0.2, 0.25) is 0 Å². The molecule has 2 fully saturated rings. The highest BCUT2D eigenvalue weighted by atomic mass is 16.5. The van der Waals surface area contributed by atoms with Crippen LogP contribution in [-0.2, 0) is 16.1 Å². The zero-order valence-electron chi connectivity index (χ0n) is 15.4. The monoisotopic (exact) mass is 346 g/mol. The predicted molar refractivity (Wildman–Crippen MR) is 97.2 cm³/mol. The molecule has 2 aliphatic heterocycles. The first-order valence-corrected chi connectivity index (χ1v) is 9.34. The van der Waals surface area contributed by atoms with Gasteiger partial charge < -0.3 is 10.1 Å². The molecule has 0 spiro atoms. The Bertz CT molecular complexity index is 574. The van der Waals surface area contributed by atoms with Gasteiger partial charge >= 0.3 is 0 Å². The van der Waals surface area contributed by atoms with E-state index in [0.717, 1.165) is 70.2 Å². The number of carbonyl (C=O) groups excluding carboxylic acids is 1. The lowest BCUT2D eigenvalue weighted by Gasteiger charge is -2.34. The Morgan fingerprint density at radius 2 is 2.08 bits per heavy atom. The van der Waals surface area contributed by atoms with E-state index in [9.17, 15) is 4.79 Å². The number of nitrogens with one attached hydrogen (secondary N) is 1. The van der Waals surface area contributed by atoms with Gasteiger partial charge in [-0.25, -0.2) is 0 Å². The molecule has 25 heavy (non-hydrogen) atoms. The van der Waals surface area contributed by atoms with Gasteiger partial charge in [0.15, 0.2) is 0 Å². The summed E-state index contributed by atoms with van der Waals surface area (Å²) >= 11 is 0. The summed E-state index contributed by atoms with van der Waals surface area (Å²) in [7, 11) is 1.73. The largest absolute Gasteiger partial charge is 0.381 e. The first-order chi connectivity index (χ1) is 12.2. The van der Waals surface area contributed by atoms with E-state index in [2.05, 4.69) is 32.2 Å². The number of hydrogen-bond acceptors (Lipinski definition) is 5. The van der Waals surface area contributed by atoms with Crippen molar-refractivity contribution in [2.75, 3.05) is 46.4 Å². The molecule has 1 atom stereocenters. The number of hydrogen-bond donors (Lipinski definition) is 1. The molecule has 0 aliphatic carbocycles. The molecular weight excluding hydrogens is 316 g/mol. The molecule has 1 aromatic rings. The topological polar surface area (TPSA) is 57.7 Å². The van der Waals surface area contributed by atoms with E-state index in [0.29, 0.717) is 6.04 Å². The Balaban J connectivity index is 1.69. The number of aryl methyl sites for hydroxylation is 1. The molecule has 0 aromatic carbocycles. The molecule has 2 aliphatic rings. The number of carbonyl (C=O) groups is 1. The van der Waals surface area contributed by atoms with E-state index < -0.39 is 0 Å². The van der Waals surface area contributed by atoms with Crippen LogP contribution in [0.4, 0.5) is 0 Å². The van der Waals surface area contributed by atoms with Gasteiger partial charge in [-0.15, -0.1) is 0 Å². The van der Waals surface area contributed by atoms with Crippen molar-refractivity contribution >= 4 is 5.91 Å². The van der Waals surface area contributed by atoms with Crippen molar-refractivity contribution in [3.63, 3.8) is 0 Å². The fourth-order valence-electron chi connectivity index (χ4n) is 3.92. The molecule has 6 heteroatoms. The minimum absolute atomic E-state index is 0.000143. The summed E-state index contributed by atoms with van der Waals surface area (Å²) in [4.78, 5) is 21.9. The summed E-state index contributed by atoms with van der Waals surface area (Å²) in [5, 5.41) is 2.85. The van der Waals surface area contributed by atoms with E-state index in [1.807, 2.05) is 13.0 Å². The van der Waals surface area contributed by atoms with E-state index >= 15 is 0 Å².